The Morgan fingerprint density at radius 2 is 2.13 bits per heavy atom. The highest BCUT2D eigenvalue weighted by molar-refractivity contribution is 5.92. The normalized spacial score (nSPS) is 11.3. The lowest BCUT2D eigenvalue weighted by molar-refractivity contribution is -0.119. The summed E-state index contributed by atoms with van der Waals surface area (Å²) in [6.07, 6.45) is 3.82. The maximum Gasteiger partial charge on any atom is 0.227 e. The highest BCUT2D eigenvalue weighted by Crippen LogP contribution is 2.15. The van der Waals surface area contributed by atoms with Crippen molar-refractivity contribution in [3.8, 4) is 6.07 Å². The van der Waals surface area contributed by atoms with Crippen molar-refractivity contribution in [2.45, 2.75) is 26.8 Å². The fraction of sp³-hybridized carbons (Fsp3) is 0.294. The average Bonchev–Trinajstić information content (AvgIpc) is 2.59. The number of nitrogens with zero attached hydrogens (tertiary/aromatic N) is 3. The number of aromatic nitrogens is 2. The van der Waals surface area contributed by atoms with Crippen molar-refractivity contribution in [2.75, 3.05) is 10.6 Å². The van der Waals surface area contributed by atoms with E-state index in [9.17, 15) is 4.79 Å². The molecule has 1 amide bonds. The molecule has 1 aromatic heterocycles. The number of nitrogens with one attached hydrogen (secondary N) is 2. The van der Waals surface area contributed by atoms with Crippen molar-refractivity contribution in [3.05, 3.63) is 47.9 Å². The van der Waals surface area contributed by atoms with Gasteiger partial charge in [0.25, 0.3) is 0 Å². The monoisotopic (exact) mass is 309 g/mol. The average molecular weight is 309 g/mol. The van der Waals surface area contributed by atoms with Crippen LogP contribution in [0.5, 0.6) is 0 Å². The molecule has 0 aliphatic heterocycles. The lowest BCUT2D eigenvalue weighted by Gasteiger charge is -2.11. The summed E-state index contributed by atoms with van der Waals surface area (Å²) in [5, 5.41) is 15.0. The van der Waals surface area contributed by atoms with Gasteiger partial charge in [-0.25, -0.2) is 9.97 Å². The minimum Gasteiger partial charge on any atom is -0.364 e. The largest absolute Gasteiger partial charge is 0.364 e. The van der Waals surface area contributed by atoms with Gasteiger partial charge in [0.2, 0.25) is 5.91 Å². The zero-order chi connectivity index (χ0) is 16.7. The number of anilines is 2. The number of benzene rings is 1. The number of amides is 1. The first kappa shape index (κ1) is 16.4. The third kappa shape index (κ3) is 4.51. The maximum absolute atomic E-state index is 11.9. The van der Waals surface area contributed by atoms with Gasteiger partial charge in [0, 0.05) is 30.5 Å². The van der Waals surface area contributed by atoms with E-state index >= 15 is 0 Å². The van der Waals surface area contributed by atoms with E-state index in [0.29, 0.717) is 12.4 Å². The highest BCUT2D eigenvalue weighted by Gasteiger charge is 2.10. The van der Waals surface area contributed by atoms with Crippen LogP contribution in [-0.4, -0.2) is 15.9 Å². The summed E-state index contributed by atoms with van der Waals surface area (Å²) < 4.78 is 0. The third-order valence-corrected chi connectivity index (χ3v) is 3.52. The van der Waals surface area contributed by atoms with Crippen LogP contribution in [0.1, 0.15) is 31.5 Å². The molecule has 1 heterocycles. The van der Waals surface area contributed by atoms with Gasteiger partial charge < -0.3 is 10.6 Å². The van der Waals surface area contributed by atoms with Crippen molar-refractivity contribution in [2.24, 2.45) is 5.92 Å². The first-order valence-corrected chi connectivity index (χ1v) is 7.48. The van der Waals surface area contributed by atoms with Gasteiger partial charge in [0.15, 0.2) is 11.5 Å². The van der Waals surface area contributed by atoms with Crippen LogP contribution in [0.4, 0.5) is 11.5 Å². The Labute approximate surface area is 135 Å². The molecule has 1 atom stereocenters. The van der Waals surface area contributed by atoms with E-state index in [1.54, 1.807) is 0 Å². The van der Waals surface area contributed by atoms with Crippen molar-refractivity contribution < 1.29 is 4.79 Å². The van der Waals surface area contributed by atoms with Crippen LogP contribution in [0, 0.1) is 17.2 Å². The molecule has 0 saturated carbocycles. The lowest BCUT2D eigenvalue weighted by atomic mass is 10.1. The van der Waals surface area contributed by atoms with Gasteiger partial charge in [-0.2, -0.15) is 5.26 Å². The van der Waals surface area contributed by atoms with Crippen LogP contribution >= 0.6 is 0 Å². The number of carbonyl (C=O) groups is 1. The second-order valence-electron chi connectivity index (χ2n) is 5.22. The Balaban J connectivity index is 2.03. The SMILES string of the molecule is CCC(C)C(=O)Nc1cccc(CNc2nccnc2C#N)c1. The first-order valence-electron chi connectivity index (χ1n) is 7.48. The topological polar surface area (TPSA) is 90.7 Å². The molecule has 6 heteroatoms. The Hall–Kier alpha value is -2.94. The van der Waals surface area contributed by atoms with Crippen LogP contribution < -0.4 is 10.6 Å². The summed E-state index contributed by atoms with van der Waals surface area (Å²) in [6, 6.07) is 9.57. The van der Waals surface area contributed by atoms with Crippen LogP contribution in [0.25, 0.3) is 0 Å². The van der Waals surface area contributed by atoms with Crippen LogP contribution in [0.15, 0.2) is 36.7 Å². The van der Waals surface area contributed by atoms with Crippen LogP contribution in [-0.2, 0) is 11.3 Å². The molecule has 118 valence electrons. The summed E-state index contributed by atoms with van der Waals surface area (Å²) in [4.78, 5) is 20.0. The van der Waals surface area contributed by atoms with Gasteiger partial charge in [-0.3, -0.25) is 4.79 Å². The zero-order valence-corrected chi connectivity index (χ0v) is 13.2. The van der Waals surface area contributed by atoms with Crippen molar-refractivity contribution in [3.63, 3.8) is 0 Å². The van der Waals surface area contributed by atoms with Gasteiger partial charge in [-0.1, -0.05) is 26.0 Å². The predicted octanol–water partition coefficient (Wildman–Crippen LogP) is 2.94. The summed E-state index contributed by atoms with van der Waals surface area (Å²) in [5.41, 5.74) is 1.99. The molecule has 23 heavy (non-hydrogen) atoms. The lowest BCUT2D eigenvalue weighted by Crippen LogP contribution is -2.19. The Kier molecular flexibility index (Phi) is 5.64. The number of hydrogen-bond acceptors (Lipinski definition) is 5. The number of hydrogen-bond donors (Lipinski definition) is 2. The summed E-state index contributed by atoms with van der Waals surface area (Å²) in [7, 11) is 0. The molecule has 0 fully saturated rings. The zero-order valence-electron chi connectivity index (χ0n) is 13.2. The molecule has 2 aromatic rings. The van der Waals surface area contributed by atoms with Gasteiger partial charge in [-0.05, 0) is 24.1 Å². The number of carbonyl (C=O) groups excluding carboxylic acids is 1. The minimum absolute atomic E-state index is 0.0123. The first-order chi connectivity index (χ1) is 11.1. The molecule has 2 N–H and O–H groups in total. The molecule has 1 unspecified atom stereocenters. The van der Waals surface area contributed by atoms with Crippen LogP contribution in [0.3, 0.4) is 0 Å². The molecule has 0 spiro atoms. The van der Waals surface area contributed by atoms with E-state index < -0.39 is 0 Å². The van der Waals surface area contributed by atoms with Gasteiger partial charge in [-0.15, -0.1) is 0 Å². The molecule has 0 bridgehead atoms. The maximum atomic E-state index is 11.9. The molecular formula is C17H19N5O. The second-order valence-corrected chi connectivity index (χ2v) is 5.22. The molecular weight excluding hydrogens is 290 g/mol. The Bertz CT molecular complexity index is 723. The van der Waals surface area contributed by atoms with E-state index in [-0.39, 0.29) is 17.5 Å². The molecule has 1 aromatic carbocycles. The second kappa shape index (κ2) is 7.90. The van der Waals surface area contributed by atoms with Crippen molar-refractivity contribution in [1.29, 1.82) is 5.26 Å². The fourth-order valence-electron chi connectivity index (χ4n) is 1.94. The third-order valence-electron chi connectivity index (χ3n) is 3.52. The molecule has 0 aliphatic rings. The Morgan fingerprint density at radius 1 is 1.35 bits per heavy atom. The highest BCUT2D eigenvalue weighted by atomic mass is 16.1. The summed E-state index contributed by atoms with van der Waals surface area (Å²) in [6.45, 7) is 4.37. The van der Waals surface area contributed by atoms with Gasteiger partial charge >= 0.3 is 0 Å². The number of nitriles is 1. The van der Waals surface area contributed by atoms with Gasteiger partial charge in [0.1, 0.15) is 6.07 Å². The smallest absolute Gasteiger partial charge is 0.227 e. The molecule has 0 radical (unpaired) electrons. The van der Waals surface area contributed by atoms with Crippen molar-refractivity contribution in [1.82, 2.24) is 9.97 Å². The fourth-order valence-corrected chi connectivity index (χ4v) is 1.94. The molecule has 6 nitrogen and oxygen atoms in total. The molecule has 2 rings (SSSR count). The molecule has 0 aliphatic carbocycles. The summed E-state index contributed by atoms with van der Waals surface area (Å²) in [5.74, 6) is 0.442. The van der Waals surface area contributed by atoms with Gasteiger partial charge in [0.05, 0.1) is 0 Å². The minimum atomic E-state index is -0.0189. The quantitative estimate of drug-likeness (QED) is 0.856. The standard InChI is InChI=1S/C17H19N5O/c1-3-12(2)17(23)22-14-6-4-5-13(9-14)11-21-16-15(10-18)19-7-8-20-16/h4-9,12H,3,11H2,1-2H3,(H,20,21)(H,22,23). The van der Waals surface area contributed by atoms with Crippen LogP contribution in [0.2, 0.25) is 0 Å². The predicted molar refractivity (Wildman–Crippen MR) is 88.6 cm³/mol. The van der Waals surface area contributed by atoms with E-state index in [1.165, 1.54) is 12.4 Å². The van der Waals surface area contributed by atoms with E-state index in [0.717, 1.165) is 17.7 Å². The van der Waals surface area contributed by atoms with E-state index in [2.05, 4.69) is 20.6 Å². The summed E-state index contributed by atoms with van der Waals surface area (Å²) >= 11 is 0. The van der Waals surface area contributed by atoms with E-state index in [4.69, 9.17) is 5.26 Å². The molecule has 0 saturated heterocycles. The number of rotatable bonds is 6. The Morgan fingerprint density at radius 3 is 2.87 bits per heavy atom. The van der Waals surface area contributed by atoms with Crippen molar-refractivity contribution >= 4 is 17.4 Å². The van der Waals surface area contributed by atoms with E-state index in [1.807, 2.05) is 44.2 Å².